The summed E-state index contributed by atoms with van der Waals surface area (Å²) in [5, 5.41) is 0. The van der Waals surface area contributed by atoms with Crippen molar-refractivity contribution in [3.8, 4) is 0 Å². The summed E-state index contributed by atoms with van der Waals surface area (Å²) >= 11 is 5.76. The molecule has 0 unspecified atom stereocenters. The highest BCUT2D eigenvalue weighted by Gasteiger charge is 2.24. The zero-order valence-electron chi connectivity index (χ0n) is 12.3. The number of sulfone groups is 1. The molecular formula is C13H20ClNO4S2. The second-order valence-electron chi connectivity index (χ2n) is 4.89. The predicted molar refractivity (Wildman–Crippen MR) is 84.9 cm³/mol. The topological polar surface area (TPSA) is 71.5 Å². The second kappa shape index (κ2) is 7.09. The van der Waals surface area contributed by atoms with Gasteiger partial charge in [-0.25, -0.2) is 16.8 Å². The molecular weight excluding hydrogens is 334 g/mol. The summed E-state index contributed by atoms with van der Waals surface area (Å²) in [7, 11) is -5.56. The molecule has 0 radical (unpaired) electrons. The van der Waals surface area contributed by atoms with E-state index in [1.807, 2.05) is 6.92 Å². The van der Waals surface area contributed by atoms with Crippen LogP contribution in [0.25, 0.3) is 0 Å². The van der Waals surface area contributed by atoms with Crippen molar-refractivity contribution >= 4 is 31.5 Å². The van der Waals surface area contributed by atoms with Gasteiger partial charge in [-0.3, -0.25) is 0 Å². The molecule has 120 valence electrons. The Balaban J connectivity index is 3.17. The van der Waals surface area contributed by atoms with E-state index in [4.69, 9.17) is 11.6 Å². The van der Waals surface area contributed by atoms with Crippen molar-refractivity contribution in [1.82, 2.24) is 4.31 Å². The molecule has 21 heavy (non-hydrogen) atoms. The number of hydrogen-bond donors (Lipinski definition) is 0. The molecule has 0 atom stereocenters. The van der Waals surface area contributed by atoms with Crippen molar-refractivity contribution in [2.75, 3.05) is 25.6 Å². The van der Waals surface area contributed by atoms with Crippen molar-refractivity contribution in [2.45, 2.75) is 24.1 Å². The van der Waals surface area contributed by atoms with Crippen LogP contribution >= 0.6 is 11.6 Å². The average molecular weight is 354 g/mol. The number of sulfonamides is 1. The van der Waals surface area contributed by atoms with Gasteiger partial charge in [-0.2, -0.15) is 4.31 Å². The van der Waals surface area contributed by atoms with Crippen molar-refractivity contribution < 1.29 is 16.8 Å². The SMILES string of the molecule is CCc1ccc(CCl)cc1S(=O)(=O)N(C)CCS(C)(=O)=O. The van der Waals surface area contributed by atoms with Crippen LogP contribution in [0, 0.1) is 0 Å². The van der Waals surface area contributed by atoms with Crippen LogP contribution in [-0.2, 0) is 32.2 Å². The van der Waals surface area contributed by atoms with Crippen LogP contribution in [0.4, 0.5) is 0 Å². The maximum absolute atomic E-state index is 12.6. The molecule has 0 bridgehead atoms. The van der Waals surface area contributed by atoms with Gasteiger partial charge in [-0.15, -0.1) is 11.6 Å². The first kappa shape index (κ1) is 18.4. The molecule has 0 aliphatic carbocycles. The van der Waals surface area contributed by atoms with Gasteiger partial charge in [0.05, 0.1) is 10.6 Å². The van der Waals surface area contributed by atoms with Crippen LogP contribution in [0.3, 0.4) is 0 Å². The Morgan fingerprint density at radius 1 is 1.19 bits per heavy atom. The largest absolute Gasteiger partial charge is 0.243 e. The van der Waals surface area contributed by atoms with Gasteiger partial charge < -0.3 is 0 Å². The van der Waals surface area contributed by atoms with E-state index in [9.17, 15) is 16.8 Å². The molecule has 8 heteroatoms. The molecule has 1 aromatic rings. The monoisotopic (exact) mass is 353 g/mol. The first-order valence-corrected chi connectivity index (χ1v) is 10.5. The predicted octanol–water partition coefficient (Wildman–Crippen LogP) is 1.65. The minimum atomic E-state index is -3.73. The highest BCUT2D eigenvalue weighted by atomic mass is 35.5. The molecule has 5 nitrogen and oxygen atoms in total. The lowest BCUT2D eigenvalue weighted by Gasteiger charge is -2.19. The van der Waals surface area contributed by atoms with E-state index < -0.39 is 19.9 Å². The smallest absolute Gasteiger partial charge is 0.229 e. The molecule has 0 aliphatic heterocycles. The quantitative estimate of drug-likeness (QED) is 0.699. The van der Waals surface area contributed by atoms with Crippen molar-refractivity contribution in [2.24, 2.45) is 0 Å². The lowest BCUT2D eigenvalue weighted by atomic mass is 10.1. The summed E-state index contributed by atoms with van der Waals surface area (Å²) in [6.45, 7) is 1.79. The minimum Gasteiger partial charge on any atom is -0.229 e. The summed E-state index contributed by atoms with van der Waals surface area (Å²) in [5.41, 5.74) is 1.40. The number of halogens is 1. The van der Waals surface area contributed by atoms with Gasteiger partial charge >= 0.3 is 0 Å². The molecule has 0 aliphatic rings. The van der Waals surface area contributed by atoms with Gasteiger partial charge in [0.2, 0.25) is 10.0 Å². The highest BCUT2D eigenvalue weighted by Crippen LogP contribution is 2.22. The zero-order chi connectivity index (χ0) is 16.3. The number of hydrogen-bond acceptors (Lipinski definition) is 4. The molecule has 0 saturated heterocycles. The van der Waals surface area contributed by atoms with Gasteiger partial charge in [0.1, 0.15) is 9.84 Å². The summed E-state index contributed by atoms with van der Waals surface area (Å²) in [5.74, 6) is 0.0129. The molecule has 1 rings (SSSR count). The Kier molecular flexibility index (Phi) is 6.22. The second-order valence-corrected chi connectivity index (χ2v) is 9.43. The van der Waals surface area contributed by atoms with E-state index >= 15 is 0 Å². The molecule has 0 spiro atoms. The molecule has 0 saturated carbocycles. The van der Waals surface area contributed by atoms with E-state index in [1.165, 1.54) is 7.05 Å². The number of rotatable bonds is 7. The van der Waals surface area contributed by atoms with Gasteiger partial charge in [0.25, 0.3) is 0 Å². The van der Waals surface area contributed by atoms with Crippen LogP contribution in [-0.4, -0.2) is 46.7 Å². The van der Waals surface area contributed by atoms with Crippen LogP contribution in [0.15, 0.2) is 23.1 Å². The van der Waals surface area contributed by atoms with Gasteiger partial charge in [-0.05, 0) is 23.6 Å². The first-order valence-electron chi connectivity index (χ1n) is 6.43. The standard InChI is InChI=1S/C13H20ClNO4S2/c1-4-12-6-5-11(10-14)9-13(12)21(18,19)15(2)7-8-20(3,16)17/h5-6,9H,4,7-8,10H2,1-3H3. The minimum absolute atomic E-state index is 0.0740. The average Bonchev–Trinajstić information content (AvgIpc) is 2.42. The first-order chi connectivity index (χ1) is 9.61. The summed E-state index contributed by atoms with van der Waals surface area (Å²) in [4.78, 5) is 0.194. The molecule has 0 aromatic heterocycles. The Hall–Kier alpha value is -0.630. The van der Waals surface area contributed by atoms with E-state index in [-0.39, 0.29) is 23.1 Å². The zero-order valence-corrected chi connectivity index (χ0v) is 14.7. The van der Waals surface area contributed by atoms with Crippen molar-refractivity contribution in [3.63, 3.8) is 0 Å². The number of benzene rings is 1. The van der Waals surface area contributed by atoms with E-state index in [0.717, 1.165) is 10.6 Å². The number of nitrogens with zero attached hydrogens (tertiary/aromatic N) is 1. The van der Waals surface area contributed by atoms with E-state index in [2.05, 4.69) is 0 Å². The lowest BCUT2D eigenvalue weighted by molar-refractivity contribution is 0.484. The molecule has 0 fully saturated rings. The summed E-state index contributed by atoms with van der Waals surface area (Å²) in [6.07, 6.45) is 1.65. The van der Waals surface area contributed by atoms with E-state index in [1.54, 1.807) is 18.2 Å². The van der Waals surface area contributed by atoms with Crippen LogP contribution < -0.4 is 0 Å². The van der Waals surface area contributed by atoms with E-state index in [0.29, 0.717) is 17.5 Å². The maximum Gasteiger partial charge on any atom is 0.243 e. The van der Waals surface area contributed by atoms with Gasteiger partial charge in [0, 0.05) is 25.7 Å². The summed E-state index contributed by atoms with van der Waals surface area (Å²) in [6, 6.07) is 5.09. The highest BCUT2D eigenvalue weighted by molar-refractivity contribution is 7.91. The van der Waals surface area contributed by atoms with Gasteiger partial charge in [-0.1, -0.05) is 19.1 Å². The fourth-order valence-electron chi connectivity index (χ4n) is 1.80. The summed E-state index contributed by atoms with van der Waals surface area (Å²) < 4.78 is 48.6. The van der Waals surface area contributed by atoms with Crippen LogP contribution in [0.5, 0.6) is 0 Å². The molecule has 0 heterocycles. The number of alkyl halides is 1. The fourth-order valence-corrected chi connectivity index (χ4v) is 4.20. The molecule has 0 N–H and O–H groups in total. The normalized spacial score (nSPS) is 12.8. The van der Waals surface area contributed by atoms with Gasteiger partial charge in [0.15, 0.2) is 0 Å². The lowest BCUT2D eigenvalue weighted by Crippen LogP contribution is -2.32. The van der Waals surface area contributed by atoms with Crippen LogP contribution in [0.1, 0.15) is 18.1 Å². The Morgan fingerprint density at radius 2 is 1.81 bits per heavy atom. The van der Waals surface area contributed by atoms with Crippen molar-refractivity contribution in [3.05, 3.63) is 29.3 Å². The molecule has 0 amide bonds. The maximum atomic E-state index is 12.6. The Bertz CT molecular complexity index is 699. The third-order valence-electron chi connectivity index (χ3n) is 3.13. The third-order valence-corrected chi connectivity index (χ3v) is 6.30. The fraction of sp³-hybridized carbons (Fsp3) is 0.538. The van der Waals surface area contributed by atoms with Crippen LogP contribution in [0.2, 0.25) is 0 Å². The Morgan fingerprint density at radius 3 is 2.29 bits per heavy atom. The Labute approximate surface area is 131 Å². The molecule has 1 aromatic carbocycles. The third kappa shape index (κ3) is 4.95. The van der Waals surface area contributed by atoms with Crippen molar-refractivity contribution in [1.29, 1.82) is 0 Å². The number of aryl methyl sites for hydroxylation is 1.